The number of hydrogen-bond donors (Lipinski definition) is 0. The molecule has 0 aliphatic heterocycles. The maximum absolute atomic E-state index is 12.7. The summed E-state index contributed by atoms with van der Waals surface area (Å²) < 4.78 is 16.7. The van der Waals surface area contributed by atoms with E-state index in [-0.39, 0.29) is 31.1 Å². The Morgan fingerprint density at radius 1 is 0.339 bits per heavy atom. The van der Waals surface area contributed by atoms with Gasteiger partial charge in [0.05, 0.1) is 0 Å². The second kappa shape index (κ2) is 48.3. The molecule has 0 rings (SSSR count). The topological polar surface area (TPSA) is 78.9 Å². The van der Waals surface area contributed by atoms with Gasteiger partial charge in [0, 0.05) is 19.3 Å². The number of carbonyl (C=O) groups excluding carboxylic acids is 3. The first-order valence-electron chi connectivity index (χ1n) is 25.5. The van der Waals surface area contributed by atoms with Crippen LogP contribution in [0.3, 0.4) is 0 Å². The van der Waals surface area contributed by atoms with Gasteiger partial charge in [-0.1, -0.05) is 211 Å². The van der Waals surface area contributed by atoms with E-state index >= 15 is 0 Å². The van der Waals surface area contributed by atoms with E-state index in [0.717, 1.165) is 83.5 Å². The number of allylic oxidation sites excluding steroid dienone is 6. The van der Waals surface area contributed by atoms with Crippen LogP contribution in [0.15, 0.2) is 36.5 Å². The zero-order valence-corrected chi connectivity index (χ0v) is 39.3. The van der Waals surface area contributed by atoms with Crippen LogP contribution in [0.1, 0.15) is 265 Å². The maximum Gasteiger partial charge on any atom is 0.306 e. The van der Waals surface area contributed by atoms with Gasteiger partial charge in [-0.3, -0.25) is 14.4 Å². The van der Waals surface area contributed by atoms with Crippen LogP contribution in [-0.4, -0.2) is 37.2 Å². The molecule has 0 bridgehead atoms. The summed E-state index contributed by atoms with van der Waals surface area (Å²) in [5, 5.41) is 0. The lowest BCUT2D eigenvalue weighted by atomic mass is 10.1. The van der Waals surface area contributed by atoms with Crippen LogP contribution in [0.5, 0.6) is 0 Å². The summed E-state index contributed by atoms with van der Waals surface area (Å²) in [5.41, 5.74) is 0. The fraction of sp³-hybridized carbons (Fsp3) is 0.830. The van der Waals surface area contributed by atoms with E-state index in [4.69, 9.17) is 14.2 Å². The SMILES string of the molecule is CCCC/C=C\C/C=C\CCCCCCCC(=O)OC(COC(=O)CCCCCCCCC/C=C\CCCCCCCCC)COC(=O)CCCCCCCCCCC. The van der Waals surface area contributed by atoms with Gasteiger partial charge >= 0.3 is 17.9 Å². The van der Waals surface area contributed by atoms with Crippen molar-refractivity contribution in [3.05, 3.63) is 36.5 Å². The van der Waals surface area contributed by atoms with Crippen molar-refractivity contribution in [2.45, 2.75) is 271 Å². The molecule has 0 aromatic heterocycles. The molecule has 1 atom stereocenters. The van der Waals surface area contributed by atoms with Crippen LogP contribution in [0.4, 0.5) is 0 Å². The third-order valence-electron chi connectivity index (χ3n) is 11.1. The Balaban J connectivity index is 4.31. The molecule has 1 unspecified atom stereocenters. The normalized spacial score (nSPS) is 12.3. The molecule has 0 fully saturated rings. The largest absolute Gasteiger partial charge is 0.462 e. The zero-order valence-electron chi connectivity index (χ0n) is 39.3. The number of rotatable bonds is 46. The van der Waals surface area contributed by atoms with Crippen LogP contribution < -0.4 is 0 Å². The number of esters is 3. The molecule has 0 amide bonds. The quantitative estimate of drug-likeness (QED) is 0.0263. The first-order chi connectivity index (χ1) is 29.0. The van der Waals surface area contributed by atoms with Crippen LogP contribution in [0.2, 0.25) is 0 Å². The molecule has 6 nitrogen and oxygen atoms in total. The van der Waals surface area contributed by atoms with E-state index in [1.807, 2.05) is 0 Å². The van der Waals surface area contributed by atoms with Crippen molar-refractivity contribution in [2.75, 3.05) is 13.2 Å². The van der Waals surface area contributed by atoms with Gasteiger partial charge in [0.2, 0.25) is 0 Å². The number of carbonyl (C=O) groups is 3. The fourth-order valence-corrected chi connectivity index (χ4v) is 7.22. The highest BCUT2D eigenvalue weighted by atomic mass is 16.6. The summed E-state index contributed by atoms with van der Waals surface area (Å²) in [6, 6.07) is 0. The van der Waals surface area contributed by atoms with Gasteiger partial charge in [0.15, 0.2) is 6.10 Å². The highest BCUT2D eigenvalue weighted by Gasteiger charge is 2.19. The number of hydrogen-bond acceptors (Lipinski definition) is 6. The minimum absolute atomic E-state index is 0.0771. The molecule has 0 aromatic carbocycles. The van der Waals surface area contributed by atoms with Crippen molar-refractivity contribution in [2.24, 2.45) is 0 Å². The Kier molecular flexibility index (Phi) is 46.4. The molecule has 0 N–H and O–H groups in total. The summed E-state index contributed by atoms with van der Waals surface area (Å²) in [6.07, 6.45) is 55.6. The standard InChI is InChI=1S/C53H96O6/c1-4-7-10-13-16-19-21-23-25-26-27-28-30-31-34-37-40-43-46-52(55)58-49-50(48-57-51(54)45-42-39-36-33-18-15-12-9-6-3)59-53(56)47-44-41-38-35-32-29-24-22-20-17-14-11-8-5-2/h14,17,22,24-26,50H,4-13,15-16,18-21,23,27-49H2,1-3H3/b17-14-,24-22-,26-25-. The molecular formula is C53H96O6. The smallest absolute Gasteiger partial charge is 0.306 e. The molecular weight excluding hydrogens is 733 g/mol. The summed E-state index contributed by atoms with van der Waals surface area (Å²) in [4.78, 5) is 37.8. The van der Waals surface area contributed by atoms with Gasteiger partial charge in [-0.25, -0.2) is 0 Å². The molecule has 0 aliphatic rings. The van der Waals surface area contributed by atoms with Gasteiger partial charge in [-0.05, 0) is 70.6 Å². The lowest BCUT2D eigenvalue weighted by Crippen LogP contribution is -2.30. The van der Waals surface area contributed by atoms with Crippen LogP contribution in [0.25, 0.3) is 0 Å². The van der Waals surface area contributed by atoms with Crippen molar-refractivity contribution >= 4 is 17.9 Å². The van der Waals surface area contributed by atoms with E-state index in [1.165, 1.54) is 141 Å². The minimum atomic E-state index is -0.776. The Morgan fingerprint density at radius 2 is 0.627 bits per heavy atom. The van der Waals surface area contributed by atoms with E-state index in [2.05, 4.69) is 57.2 Å². The highest BCUT2D eigenvalue weighted by molar-refractivity contribution is 5.71. The lowest BCUT2D eigenvalue weighted by Gasteiger charge is -2.18. The van der Waals surface area contributed by atoms with Crippen molar-refractivity contribution in [1.82, 2.24) is 0 Å². The monoisotopic (exact) mass is 829 g/mol. The van der Waals surface area contributed by atoms with Crippen molar-refractivity contribution in [1.29, 1.82) is 0 Å². The second-order valence-corrected chi connectivity index (χ2v) is 17.1. The average molecular weight is 829 g/mol. The number of ether oxygens (including phenoxy) is 3. The second-order valence-electron chi connectivity index (χ2n) is 17.1. The molecule has 59 heavy (non-hydrogen) atoms. The molecule has 344 valence electrons. The summed E-state index contributed by atoms with van der Waals surface area (Å²) >= 11 is 0. The number of unbranched alkanes of at least 4 members (excludes halogenated alkanes) is 29. The van der Waals surface area contributed by atoms with Gasteiger partial charge in [0.1, 0.15) is 13.2 Å². The predicted molar refractivity (Wildman–Crippen MR) is 252 cm³/mol. The van der Waals surface area contributed by atoms with Crippen LogP contribution in [0, 0.1) is 0 Å². The molecule has 0 saturated carbocycles. The van der Waals surface area contributed by atoms with Gasteiger partial charge in [0.25, 0.3) is 0 Å². The van der Waals surface area contributed by atoms with Crippen molar-refractivity contribution in [3.63, 3.8) is 0 Å². The zero-order chi connectivity index (χ0) is 43.0. The Labute approximate surface area is 365 Å². The molecule has 0 saturated heterocycles. The van der Waals surface area contributed by atoms with E-state index < -0.39 is 6.10 Å². The predicted octanol–water partition coefficient (Wildman–Crippen LogP) is 16.5. The minimum Gasteiger partial charge on any atom is -0.462 e. The fourth-order valence-electron chi connectivity index (χ4n) is 7.22. The lowest BCUT2D eigenvalue weighted by molar-refractivity contribution is -0.167. The summed E-state index contributed by atoms with van der Waals surface area (Å²) in [6.45, 7) is 6.57. The molecule has 0 aromatic rings. The first kappa shape index (κ1) is 56.6. The van der Waals surface area contributed by atoms with Crippen LogP contribution in [-0.2, 0) is 28.6 Å². The summed E-state index contributed by atoms with van der Waals surface area (Å²) in [7, 11) is 0. The molecule has 0 radical (unpaired) electrons. The third kappa shape index (κ3) is 46.5. The highest BCUT2D eigenvalue weighted by Crippen LogP contribution is 2.15. The molecule has 6 heteroatoms. The maximum atomic E-state index is 12.7. The molecule has 0 spiro atoms. The average Bonchev–Trinajstić information content (AvgIpc) is 3.23. The third-order valence-corrected chi connectivity index (χ3v) is 11.1. The van der Waals surface area contributed by atoms with E-state index in [1.54, 1.807) is 0 Å². The first-order valence-corrected chi connectivity index (χ1v) is 25.5. The Bertz CT molecular complexity index is 1000. The van der Waals surface area contributed by atoms with E-state index in [0.29, 0.717) is 19.3 Å². The van der Waals surface area contributed by atoms with Crippen LogP contribution >= 0.6 is 0 Å². The van der Waals surface area contributed by atoms with Crippen molar-refractivity contribution < 1.29 is 28.6 Å². The van der Waals surface area contributed by atoms with E-state index in [9.17, 15) is 14.4 Å². The Hall–Kier alpha value is -2.37. The molecule has 0 aliphatic carbocycles. The van der Waals surface area contributed by atoms with Gasteiger partial charge in [-0.2, -0.15) is 0 Å². The van der Waals surface area contributed by atoms with Gasteiger partial charge in [-0.15, -0.1) is 0 Å². The molecule has 0 heterocycles. The summed E-state index contributed by atoms with van der Waals surface area (Å²) in [5.74, 6) is -0.891. The Morgan fingerprint density at radius 3 is 1.00 bits per heavy atom. The van der Waals surface area contributed by atoms with Gasteiger partial charge < -0.3 is 14.2 Å². The van der Waals surface area contributed by atoms with Crippen molar-refractivity contribution in [3.8, 4) is 0 Å².